The molecule has 0 fully saturated rings. The van der Waals surface area contributed by atoms with E-state index >= 15 is 0 Å². The van der Waals surface area contributed by atoms with E-state index in [-0.39, 0.29) is 5.91 Å². The van der Waals surface area contributed by atoms with Crippen LogP contribution in [0.25, 0.3) is 0 Å². The third kappa shape index (κ3) is 2.25. The Balaban J connectivity index is 2.23. The molecule has 2 heterocycles. The van der Waals surface area contributed by atoms with Crippen molar-refractivity contribution < 1.29 is 9.53 Å². The number of anilines is 1. The van der Waals surface area contributed by atoms with Crippen LogP contribution in [0.15, 0.2) is 24.5 Å². The first-order valence-corrected chi connectivity index (χ1v) is 5.02. The van der Waals surface area contributed by atoms with Crippen molar-refractivity contribution >= 4 is 11.7 Å². The topological polar surface area (TPSA) is 79.9 Å². The molecule has 88 valence electrons. The van der Waals surface area contributed by atoms with Gasteiger partial charge in [-0.25, -0.2) is 4.98 Å². The van der Waals surface area contributed by atoms with Crippen LogP contribution in [0, 0.1) is 6.92 Å². The Morgan fingerprint density at radius 2 is 2.35 bits per heavy atom. The van der Waals surface area contributed by atoms with E-state index in [9.17, 15) is 4.79 Å². The van der Waals surface area contributed by atoms with Crippen LogP contribution < -0.4 is 10.1 Å². The normalized spacial score (nSPS) is 10.0. The Labute approximate surface area is 98.0 Å². The van der Waals surface area contributed by atoms with E-state index in [1.165, 1.54) is 7.11 Å². The Bertz CT molecular complexity index is 536. The molecule has 0 radical (unpaired) electrons. The molecular formula is C11H12N4O2. The van der Waals surface area contributed by atoms with Gasteiger partial charge in [0.15, 0.2) is 0 Å². The Hall–Kier alpha value is -2.37. The number of nitrogens with one attached hydrogen (secondary N) is 2. The molecule has 17 heavy (non-hydrogen) atoms. The summed E-state index contributed by atoms with van der Waals surface area (Å²) in [5.74, 6) is 0.574. The van der Waals surface area contributed by atoms with Crippen LogP contribution in [0.2, 0.25) is 0 Å². The number of aryl methyl sites for hydroxylation is 1. The highest BCUT2D eigenvalue weighted by molar-refractivity contribution is 6.05. The molecule has 1 amide bonds. The van der Waals surface area contributed by atoms with Crippen molar-refractivity contribution in [3.63, 3.8) is 0 Å². The van der Waals surface area contributed by atoms with Crippen LogP contribution in [0.4, 0.5) is 5.82 Å². The highest BCUT2D eigenvalue weighted by Gasteiger charge is 2.14. The number of ether oxygens (including phenoxy) is 1. The maximum atomic E-state index is 12.0. The molecule has 2 rings (SSSR count). The molecule has 0 bridgehead atoms. The second-order valence-electron chi connectivity index (χ2n) is 3.44. The van der Waals surface area contributed by atoms with E-state index < -0.39 is 0 Å². The number of hydrogen-bond donors (Lipinski definition) is 2. The molecule has 0 aliphatic carbocycles. The first-order chi connectivity index (χ1) is 8.22. The second kappa shape index (κ2) is 4.65. The third-order valence-corrected chi connectivity index (χ3v) is 2.28. The maximum absolute atomic E-state index is 12.0. The Morgan fingerprint density at radius 3 is 3.00 bits per heavy atom. The van der Waals surface area contributed by atoms with E-state index in [2.05, 4.69) is 20.5 Å². The summed E-state index contributed by atoms with van der Waals surface area (Å²) in [6.07, 6.45) is 3.20. The molecule has 0 aliphatic heterocycles. The second-order valence-corrected chi connectivity index (χ2v) is 3.44. The van der Waals surface area contributed by atoms with Gasteiger partial charge >= 0.3 is 0 Å². The molecular weight excluding hydrogens is 220 g/mol. The van der Waals surface area contributed by atoms with Crippen LogP contribution in [-0.2, 0) is 0 Å². The quantitative estimate of drug-likeness (QED) is 0.837. The highest BCUT2D eigenvalue weighted by atomic mass is 16.5. The van der Waals surface area contributed by atoms with Gasteiger partial charge in [-0.2, -0.15) is 5.10 Å². The predicted octanol–water partition coefficient (Wildman–Crippen LogP) is 1.37. The zero-order chi connectivity index (χ0) is 12.3. The Kier molecular flexibility index (Phi) is 3.04. The minimum absolute atomic E-state index is 0.290. The first kappa shape index (κ1) is 11.1. The lowest BCUT2D eigenvalue weighted by Crippen LogP contribution is -2.14. The average molecular weight is 232 g/mol. The number of carbonyl (C=O) groups excluding carboxylic acids is 1. The number of methoxy groups -OCH3 is 1. The van der Waals surface area contributed by atoms with Crippen molar-refractivity contribution in [3.8, 4) is 5.88 Å². The third-order valence-electron chi connectivity index (χ3n) is 2.28. The van der Waals surface area contributed by atoms with Crippen LogP contribution in [0.5, 0.6) is 5.88 Å². The van der Waals surface area contributed by atoms with E-state index in [0.29, 0.717) is 17.3 Å². The van der Waals surface area contributed by atoms with Gasteiger partial charge in [-0.3, -0.25) is 9.89 Å². The smallest absolute Gasteiger partial charge is 0.262 e. The zero-order valence-electron chi connectivity index (χ0n) is 9.52. The summed E-state index contributed by atoms with van der Waals surface area (Å²) in [4.78, 5) is 15.9. The number of hydrogen-bond acceptors (Lipinski definition) is 4. The number of carbonyl (C=O) groups is 1. The summed E-state index contributed by atoms with van der Waals surface area (Å²) < 4.78 is 5.02. The van der Waals surface area contributed by atoms with E-state index in [1.807, 2.05) is 6.92 Å². The summed E-state index contributed by atoms with van der Waals surface area (Å²) in [5, 5.41) is 9.23. The van der Waals surface area contributed by atoms with Crippen LogP contribution in [0.3, 0.4) is 0 Å². The number of aromatic amines is 1. The van der Waals surface area contributed by atoms with Gasteiger partial charge in [0.25, 0.3) is 5.91 Å². The number of nitrogens with zero attached hydrogens (tertiary/aromatic N) is 2. The molecule has 2 aromatic rings. The van der Waals surface area contributed by atoms with Crippen molar-refractivity contribution in [2.75, 3.05) is 12.4 Å². The largest absolute Gasteiger partial charge is 0.480 e. The number of amides is 1. The molecule has 2 aromatic heterocycles. The monoisotopic (exact) mass is 232 g/mol. The lowest BCUT2D eigenvalue weighted by Gasteiger charge is -2.07. The van der Waals surface area contributed by atoms with Gasteiger partial charge in [0.2, 0.25) is 5.88 Å². The lowest BCUT2D eigenvalue weighted by molar-refractivity contribution is 0.102. The minimum Gasteiger partial charge on any atom is -0.480 e. The SMILES string of the molecule is COc1ncccc1C(=O)Nc1[nH]ncc1C. The summed E-state index contributed by atoms with van der Waals surface area (Å²) in [5.41, 5.74) is 1.24. The lowest BCUT2D eigenvalue weighted by atomic mass is 10.2. The standard InChI is InChI=1S/C11H12N4O2/c1-7-6-13-15-9(7)14-10(16)8-4-3-5-12-11(8)17-2/h3-6H,1-2H3,(H2,13,14,15,16). The number of pyridine rings is 1. The average Bonchev–Trinajstić information content (AvgIpc) is 2.75. The molecule has 6 heteroatoms. The number of rotatable bonds is 3. The molecule has 0 spiro atoms. The molecule has 6 nitrogen and oxygen atoms in total. The van der Waals surface area contributed by atoms with Crippen LogP contribution >= 0.6 is 0 Å². The van der Waals surface area contributed by atoms with Crippen LogP contribution in [-0.4, -0.2) is 28.2 Å². The molecule has 2 N–H and O–H groups in total. The fraction of sp³-hybridized carbons (Fsp3) is 0.182. The maximum Gasteiger partial charge on any atom is 0.262 e. The van der Waals surface area contributed by atoms with Gasteiger partial charge < -0.3 is 10.1 Å². The van der Waals surface area contributed by atoms with Crippen molar-refractivity contribution in [2.24, 2.45) is 0 Å². The van der Waals surface area contributed by atoms with Crippen LogP contribution in [0.1, 0.15) is 15.9 Å². The van der Waals surface area contributed by atoms with E-state index in [0.717, 1.165) is 5.56 Å². The summed E-state index contributed by atoms with van der Waals surface area (Å²) in [7, 11) is 1.47. The van der Waals surface area contributed by atoms with E-state index in [4.69, 9.17) is 4.74 Å². The molecule has 0 saturated carbocycles. The van der Waals surface area contributed by atoms with Gasteiger partial charge in [0, 0.05) is 11.8 Å². The van der Waals surface area contributed by atoms with Gasteiger partial charge in [0.1, 0.15) is 11.4 Å². The Morgan fingerprint density at radius 1 is 1.53 bits per heavy atom. The first-order valence-electron chi connectivity index (χ1n) is 5.02. The summed E-state index contributed by atoms with van der Waals surface area (Å²) in [6.45, 7) is 1.85. The van der Waals surface area contributed by atoms with Gasteiger partial charge in [-0.1, -0.05) is 0 Å². The minimum atomic E-state index is -0.290. The number of aromatic nitrogens is 3. The fourth-order valence-electron chi connectivity index (χ4n) is 1.38. The van der Waals surface area contributed by atoms with Gasteiger partial charge in [-0.15, -0.1) is 0 Å². The summed E-state index contributed by atoms with van der Waals surface area (Å²) in [6, 6.07) is 3.32. The molecule has 0 saturated heterocycles. The van der Waals surface area contributed by atoms with Gasteiger partial charge in [-0.05, 0) is 19.1 Å². The molecule has 0 aromatic carbocycles. The fourth-order valence-corrected chi connectivity index (χ4v) is 1.38. The summed E-state index contributed by atoms with van der Waals surface area (Å²) >= 11 is 0. The van der Waals surface area contributed by atoms with Gasteiger partial charge in [0.05, 0.1) is 13.3 Å². The molecule has 0 atom stereocenters. The molecule has 0 aliphatic rings. The predicted molar refractivity (Wildman–Crippen MR) is 62.1 cm³/mol. The molecule has 0 unspecified atom stereocenters. The number of H-pyrrole nitrogens is 1. The van der Waals surface area contributed by atoms with Crippen molar-refractivity contribution in [1.82, 2.24) is 15.2 Å². The van der Waals surface area contributed by atoms with E-state index in [1.54, 1.807) is 24.5 Å². The zero-order valence-corrected chi connectivity index (χ0v) is 9.52. The van der Waals surface area contributed by atoms with Crippen molar-refractivity contribution in [2.45, 2.75) is 6.92 Å². The van der Waals surface area contributed by atoms with Crippen molar-refractivity contribution in [1.29, 1.82) is 0 Å². The highest BCUT2D eigenvalue weighted by Crippen LogP contribution is 2.16. The van der Waals surface area contributed by atoms with Crippen molar-refractivity contribution in [3.05, 3.63) is 35.7 Å².